The van der Waals surface area contributed by atoms with Crippen LogP contribution in [0.15, 0.2) is 98.1 Å². The summed E-state index contributed by atoms with van der Waals surface area (Å²) in [7, 11) is 0. The summed E-state index contributed by atoms with van der Waals surface area (Å²) in [6.07, 6.45) is 50.9. The molecule has 4 rings (SSSR count). The van der Waals surface area contributed by atoms with Crippen molar-refractivity contribution in [3.8, 4) is 22.3 Å². The number of aryl methyl sites for hydroxylation is 4. The van der Waals surface area contributed by atoms with Gasteiger partial charge < -0.3 is 0 Å². The second kappa shape index (κ2) is 28.1. The Balaban J connectivity index is 1.02. The van der Waals surface area contributed by atoms with E-state index in [1.54, 1.807) is 0 Å². The van der Waals surface area contributed by atoms with Crippen molar-refractivity contribution in [2.45, 2.75) is 194 Å². The zero-order chi connectivity index (χ0) is 37.7. The Morgan fingerprint density at radius 3 is 0.593 bits per heavy atom. The van der Waals surface area contributed by atoms with Crippen LogP contribution in [0.3, 0.4) is 0 Å². The van der Waals surface area contributed by atoms with E-state index in [2.05, 4.69) is 130 Å². The highest BCUT2D eigenvalue weighted by molar-refractivity contribution is 5.61. The van der Waals surface area contributed by atoms with Crippen molar-refractivity contribution in [3.63, 3.8) is 0 Å². The fourth-order valence-electron chi connectivity index (χ4n) is 7.70. The summed E-state index contributed by atoms with van der Waals surface area (Å²) in [5.41, 5.74) is 5.21. The summed E-state index contributed by atoms with van der Waals surface area (Å²) in [6.45, 7) is 9.03. The van der Waals surface area contributed by atoms with E-state index >= 15 is 0 Å². The number of rotatable bonds is 31. The molecule has 0 aromatic carbocycles. The summed E-state index contributed by atoms with van der Waals surface area (Å²) < 4.78 is 9.38. The molecule has 4 heterocycles. The van der Waals surface area contributed by atoms with Crippen LogP contribution in [-0.4, -0.2) is 0 Å². The first kappa shape index (κ1) is 43.3. The summed E-state index contributed by atoms with van der Waals surface area (Å²) >= 11 is 0. The lowest BCUT2D eigenvalue weighted by molar-refractivity contribution is -0.698. The molecule has 0 aliphatic rings. The van der Waals surface area contributed by atoms with Crippen molar-refractivity contribution in [2.24, 2.45) is 0 Å². The lowest BCUT2D eigenvalue weighted by Crippen LogP contribution is -2.33. The molecule has 0 saturated heterocycles. The minimum Gasteiger partial charge on any atom is -0.205 e. The van der Waals surface area contributed by atoms with Crippen LogP contribution in [0.1, 0.15) is 168 Å². The van der Waals surface area contributed by atoms with Gasteiger partial charge in [-0.3, -0.25) is 0 Å². The van der Waals surface area contributed by atoms with Gasteiger partial charge in [0.05, 0.1) is 0 Å². The van der Waals surface area contributed by atoms with E-state index in [1.165, 1.54) is 176 Å². The third-order valence-corrected chi connectivity index (χ3v) is 11.4. The van der Waals surface area contributed by atoms with E-state index in [0.29, 0.717) is 0 Å². The molecule has 0 N–H and O–H groups in total. The Kier molecular flexibility index (Phi) is 22.5. The predicted octanol–water partition coefficient (Wildman–Crippen LogP) is 12.3. The Labute approximate surface area is 331 Å². The average molecular weight is 735 g/mol. The van der Waals surface area contributed by atoms with E-state index in [-0.39, 0.29) is 0 Å². The maximum Gasteiger partial charge on any atom is 0.169 e. The summed E-state index contributed by atoms with van der Waals surface area (Å²) in [6, 6.07) is 18.2. The molecule has 0 saturated carbocycles. The molecule has 0 spiro atoms. The molecule has 4 aromatic heterocycles. The highest BCUT2D eigenvalue weighted by Gasteiger charge is 2.09. The van der Waals surface area contributed by atoms with Gasteiger partial charge in [-0.2, -0.15) is 0 Å². The maximum atomic E-state index is 2.35. The SMILES string of the molecule is CCCCCCCCCCCC[n+]1ccc(-c2cc[n+](CCCCCC[n+]3ccc(-c4cc[n+](CCCCCCCCCCCC)cc4)cc3)cc2)cc1. The molecule has 0 aliphatic heterocycles. The lowest BCUT2D eigenvalue weighted by atomic mass is 10.1. The van der Waals surface area contributed by atoms with Gasteiger partial charge in [-0.1, -0.05) is 117 Å². The number of pyridine rings is 4. The number of aromatic nitrogens is 4. The van der Waals surface area contributed by atoms with E-state index in [0.717, 1.165) is 26.2 Å². The second-order valence-electron chi connectivity index (χ2n) is 16.1. The minimum absolute atomic E-state index is 1.09. The number of hydrogen-bond acceptors (Lipinski definition) is 0. The molecular weight excluding hydrogens is 657 g/mol. The fourth-order valence-corrected chi connectivity index (χ4v) is 7.70. The van der Waals surface area contributed by atoms with Crippen molar-refractivity contribution in [1.29, 1.82) is 0 Å². The molecule has 0 amide bonds. The summed E-state index contributed by atoms with van der Waals surface area (Å²) in [5.74, 6) is 0. The number of nitrogens with zero attached hydrogens (tertiary/aromatic N) is 4. The van der Waals surface area contributed by atoms with Crippen molar-refractivity contribution in [2.75, 3.05) is 0 Å². The van der Waals surface area contributed by atoms with Crippen LogP contribution in [0.4, 0.5) is 0 Å². The van der Waals surface area contributed by atoms with Gasteiger partial charge in [0.2, 0.25) is 0 Å². The van der Waals surface area contributed by atoms with Crippen LogP contribution in [0, 0.1) is 0 Å². The quantitative estimate of drug-likeness (QED) is 0.0361. The third kappa shape index (κ3) is 18.3. The van der Waals surface area contributed by atoms with Gasteiger partial charge in [0.15, 0.2) is 49.6 Å². The van der Waals surface area contributed by atoms with Gasteiger partial charge in [0.1, 0.15) is 26.2 Å². The smallest absolute Gasteiger partial charge is 0.169 e. The standard InChI is InChI=1S/C50H78N4/c1-3-5-7-9-11-13-15-17-19-23-35-51-39-27-47(28-40-51)49-31-43-53(44-32-49)37-25-21-22-26-38-54-45-33-50(34-46-54)48-29-41-52(42-30-48)36-24-20-18-16-14-12-10-8-6-4-2/h27-34,39-46H,3-26,35-38H2,1-2H3/q+4. The van der Waals surface area contributed by atoms with Crippen LogP contribution < -0.4 is 18.3 Å². The van der Waals surface area contributed by atoms with Gasteiger partial charge in [-0.15, -0.1) is 0 Å². The predicted molar refractivity (Wildman–Crippen MR) is 227 cm³/mol. The number of hydrogen-bond donors (Lipinski definition) is 0. The first-order valence-electron chi connectivity index (χ1n) is 22.7. The van der Waals surface area contributed by atoms with Crippen molar-refractivity contribution < 1.29 is 18.3 Å². The molecule has 4 nitrogen and oxygen atoms in total. The van der Waals surface area contributed by atoms with Crippen molar-refractivity contribution in [3.05, 3.63) is 98.1 Å². The molecule has 294 valence electrons. The molecule has 54 heavy (non-hydrogen) atoms. The molecular formula is C50H78N4+4. The van der Waals surface area contributed by atoms with Gasteiger partial charge in [0.25, 0.3) is 0 Å². The first-order valence-corrected chi connectivity index (χ1v) is 22.7. The highest BCUT2D eigenvalue weighted by Crippen LogP contribution is 2.18. The monoisotopic (exact) mass is 735 g/mol. The molecule has 0 fully saturated rings. The molecule has 0 aliphatic carbocycles. The summed E-state index contributed by atoms with van der Waals surface area (Å²) in [5, 5.41) is 0. The van der Waals surface area contributed by atoms with Crippen molar-refractivity contribution in [1.82, 2.24) is 0 Å². The molecule has 4 heteroatoms. The first-order chi connectivity index (χ1) is 26.7. The molecule has 0 atom stereocenters. The lowest BCUT2D eigenvalue weighted by Gasteiger charge is -2.03. The third-order valence-electron chi connectivity index (χ3n) is 11.4. The van der Waals surface area contributed by atoms with Crippen LogP contribution in [0.2, 0.25) is 0 Å². The molecule has 0 bridgehead atoms. The maximum absolute atomic E-state index is 2.35. The van der Waals surface area contributed by atoms with E-state index in [1.807, 2.05) is 0 Å². The Bertz CT molecular complexity index is 1350. The van der Waals surface area contributed by atoms with Gasteiger partial charge in [-0.25, -0.2) is 18.3 Å². The van der Waals surface area contributed by atoms with Crippen LogP contribution >= 0.6 is 0 Å². The normalized spacial score (nSPS) is 11.4. The zero-order valence-electron chi connectivity index (χ0n) is 34.8. The van der Waals surface area contributed by atoms with Crippen LogP contribution in [0.5, 0.6) is 0 Å². The van der Waals surface area contributed by atoms with E-state index < -0.39 is 0 Å². The highest BCUT2D eigenvalue weighted by atomic mass is 14.9. The second-order valence-corrected chi connectivity index (χ2v) is 16.1. The minimum atomic E-state index is 1.09. The van der Waals surface area contributed by atoms with Crippen LogP contribution in [-0.2, 0) is 26.2 Å². The molecule has 4 aromatic rings. The summed E-state index contributed by atoms with van der Waals surface area (Å²) in [4.78, 5) is 0. The average Bonchev–Trinajstić information content (AvgIpc) is 3.21. The zero-order valence-corrected chi connectivity index (χ0v) is 34.8. The molecule has 0 unspecified atom stereocenters. The van der Waals surface area contributed by atoms with E-state index in [9.17, 15) is 0 Å². The van der Waals surface area contributed by atoms with Gasteiger partial charge in [0, 0.05) is 74.2 Å². The molecule has 0 radical (unpaired) electrons. The van der Waals surface area contributed by atoms with Crippen molar-refractivity contribution >= 4 is 0 Å². The Morgan fingerprint density at radius 1 is 0.241 bits per heavy atom. The Hall–Kier alpha value is -3.40. The number of unbranched alkanes of at least 4 members (excludes halogenated alkanes) is 21. The fraction of sp³-hybridized carbons (Fsp3) is 0.600. The van der Waals surface area contributed by atoms with E-state index in [4.69, 9.17) is 0 Å². The van der Waals surface area contributed by atoms with Crippen LogP contribution in [0.25, 0.3) is 22.3 Å². The Morgan fingerprint density at radius 2 is 0.407 bits per heavy atom. The largest absolute Gasteiger partial charge is 0.205 e. The topological polar surface area (TPSA) is 15.5 Å². The van der Waals surface area contributed by atoms with Gasteiger partial charge in [-0.05, 0) is 47.9 Å². The van der Waals surface area contributed by atoms with Gasteiger partial charge >= 0.3 is 0 Å².